The summed E-state index contributed by atoms with van der Waals surface area (Å²) in [5.74, 6) is 1.10. The molecule has 1 aromatic carbocycles. The number of hydrogen-bond donors (Lipinski definition) is 1. The maximum Gasteiger partial charge on any atom is 0.195 e. The molecule has 0 saturated carbocycles. The Balaban J connectivity index is 2.68. The number of benzene rings is 1. The molecule has 0 aliphatic carbocycles. The molecule has 0 aliphatic heterocycles. The third kappa shape index (κ3) is 3.62. The van der Waals surface area contributed by atoms with Crippen molar-refractivity contribution < 1.29 is 0 Å². The van der Waals surface area contributed by atoms with E-state index in [2.05, 4.69) is 18.8 Å². The highest BCUT2D eigenvalue weighted by Gasteiger charge is 2.03. The van der Waals surface area contributed by atoms with Crippen LogP contribution in [0.2, 0.25) is 0 Å². The van der Waals surface area contributed by atoms with Crippen LogP contribution in [0.5, 0.6) is 0 Å². The molecule has 3 nitrogen and oxygen atoms in total. The van der Waals surface area contributed by atoms with E-state index in [9.17, 15) is 0 Å². The summed E-state index contributed by atoms with van der Waals surface area (Å²) in [5, 5.41) is 0. The SMILES string of the molecule is CC(C)CN=C(N)N(C)c1ccccc1. The van der Waals surface area contributed by atoms with Gasteiger partial charge in [0, 0.05) is 19.3 Å². The van der Waals surface area contributed by atoms with Crippen molar-refractivity contribution in [3.05, 3.63) is 30.3 Å². The molecule has 0 fully saturated rings. The van der Waals surface area contributed by atoms with Gasteiger partial charge in [-0.05, 0) is 18.1 Å². The first-order chi connectivity index (χ1) is 7.11. The zero-order valence-corrected chi connectivity index (χ0v) is 9.64. The molecule has 0 atom stereocenters. The highest BCUT2D eigenvalue weighted by molar-refractivity contribution is 5.94. The second-order valence-electron chi connectivity index (χ2n) is 3.99. The van der Waals surface area contributed by atoms with Crippen LogP contribution in [0.3, 0.4) is 0 Å². The van der Waals surface area contributed by atoms with E-state index < -0.39 is 0 Å². The molecule has 0 aromatic heterocycles. The third-order valence-corrected chi connectivity index (χ3v) is 2.11. The molecule has 1 aromatic rings. The van der Waals surface area contributed by atoms with E-state index in [1.165, 1.54) is 0 Å². The Morgan fingerprint density at radius 2 is 1.93 bits per heavy atom. The van der Waals surface area contributed by atoms with E-state index in [4.69, 9.17) is 5.73 Å². The van der Waals surface area contributed by atoms with Gasteiger partial charge in [0.1, 0.15) is 0 Å². The van der Waals surface area contributed by atoms with Gasteiger partial charge < -0.3 is 10.6 Å². The van der Waals surface area contributed by atoms with Gasteiger partial charge in [0.2, 0.25) is 0 Å². The van der Waals surface area contributed by atoms with Crippen LogP contribution in [0.15, 0.2) is 35.3 Å². The quantitative estimate of drug-likeness (QED) is 0.606. The van der Waals surface area contributed by atoms with Crippen LogP contribution in [0.25, 0.3) is 0 Å². The van der Waals surface area contributed by atoms with Gasteiger partial charge in [-0.15, -0.1) is 0 Å². The Kier molecular flexibility index (Phi) is 4.16. The molecule has 0 spiro atoms. The van der Waals surface area contributed by atoms with Crippen molar-refractivity contribution in [2.24, 2.45) is 16.6 Å². The Hall–Kier alpha value is -1.51. The number of hydrogen-bond acceptors (Lipinski definition) is 1. The van der Waals surface area contributed by atoms with E-state index in [0.717, 1.165) is 12.2 Å². The first-order valence-corrected chi connectivity index (χ1v) is 5.20. The molecule has 0 bridgehead atoms. The van der Waals surface area contributed by atoms with Crippen molar-refractivity contribution in [3.8, 4) is 0 Å². The minimum Gasteiger partial charge on any atom is -0.370 e. The van der Waals surface area contributed by atoms with Crippen molar-refractivity contribution in [1.82, 2.24) is 0 Å². The number of rotatable bonds is 3. The van der Waals surface area contributed by atoms with E-state index in [1.54, 1.807) is 0 Å². The van der Waals surface area contributed by atoms with Gasteiger partial charge in [-0.1, -0.05) is 32.0 Å². The van der Waals surface area contributed by atoms with Crippen LogP contribution < -0.4 is 10.6 Å². The van der Waals surface area contributed by atoms with Gasteiger partial charge in [-0.2, -0.15) is 0 Å². The molecule has 15 heavy (non-hydrogen) atoms. The van der Waals surface area contributed by atoms with Crippen LogP contribution in [0.1, 0.15) is 13.8 Å². The number of guanidine groups is 1. The Morgan fingerprint density at radius 3 is 2.47 bits per heavy atom. The average Bonchev–Trinajstić information content (AvgIpc) is 2.26. The molecule has 0 heterocycles. The highest BCUT2D eigenvalue weighted by atomic mass is 15.2. The molecule has 0 radical (unpaired) electrons. The summed E-state index contributed by atoms with van der Waals surface area (Å²) in [4.78, 5) is 6.21. The maximum atomic E-state index is 5.87. The minimum atomic E-state index is 0.535. The monoisotopic (exact) mass is 205 g/mol. The van der Waals surface area contributed by atoms with Gasteiger partial charge in [-0.25, -0.2) is 0 Å². The van der Waals surface area contributed by atoms with E-state index in [1.807, 2.05) is 42.3 Å². The number of anilines is 1. The smallest absolute Gasteiger partial charge is 0.195 e. The van der Waals surface area contributed by atoms with Gasteiger partial charge >= 0.3 is 0 Å². The fourth-order valence-corrected chi connectivity index (χ4v) is 1.17. The lowest BCUT2D eigenvalue weighted by molar-refractivity contribution is 0.664. The summed E-state index contributed by atoms with van der Waals surface area (Å²) < 4.78 is 0. The molecule has 3 heteroatoms. The maximum absolute atomic E-state index is 5.87. The lowest BCUT2D eigenvalue weighted by Crippen LogP contribution is -2.34. The second kappa shape index (κ2) is 5.39. The largest absolute Gasteiger partial charge is 0.370 e. The third-order valence-electron chi connectivity index (χ3n) is 2.11. The Bertz CT molecular complexity index is 317. The van der Waals surface area contributed by atoms with Crippen molar-refractivity contribution in [1.29, 1.82) is 0 Å². The van der Waals surface area contributed by atoms with Crippen molar-refractivity contribution >= 4 is 11.6 Å². The molecule has 1 rings (SSSR count). The van der Waals surface area contributed by atoms with Gasteiger partial charge in [0.05, 0.1) is 0 Å². The molecular formula is C12H19N3. The number of nitrogens with two attached hydrogens (primary N) is 1. The summed E-state index contributed by atoms with van der Waals surface area (Å²) >= 11 is 0. The fraction of sp³-hybridized carbons (Fsp3) is 0.417. The van der Waals surface area contributed by atoms with E-state index in [0.29, 0.717) is 11.9 Å². The van der Waals surface area contributed by atoms with E-state index in [-0.39, 0.29) is 0 Å². The highest BCUT2D eigenvalue weighted by Crippen LogP contribution is 2.10. The predicted molar refractivity (Wildman–Crippen MR) is 66.2 cm³/mol. The normalized spacial score (nSPS) is 11.9. The molecule has 0 aliphatic rings. The fourth-order valence-electron chi connectivity index (χ4n) is 1.17. The van der Waals surface area contributed by atoms with Crippen LogP contribution in [-0.4, -0.2) is 19.6 Å². The number of aliphatic imine (C=N–C) groups is 1. The van der Waals surface area contributed by atoms with Crippen molar-refractivity contribution in [3.63, 3.8) is 0 Å². The number of nitrogens with zero attached hydrogens (tertiary/aromatic N) is 2. The zero-order valence-electron chi connectivity index (χ0n) is 9.64. The lowest BCUT2D eigenvalue weighted by atomic mass is 10.2. The molecule has 0 amide bonds. The average molecular weight is 205 g/mol. The van der Waals surface area contributed by atoms with Crippen molar-refractivity contribution in [2.45, 2.75) is 13.8 Å². The topological polar surface area (TPSA) is 41.6 Å². The molecule has 2 N–H and O–H groups in total. The lowest BCUT2D eigenvalue weighted by Gasteiger charge is -2.18. The number of para-hydroxylation sites is 1. The molecular weight excluding hydrogens is 186 g/mol. The first kappa shape index (κ1) is 11.6. The molecule has 0 unspecified atom stereocenters. The predicted octanol–water partition coefficient (Wildman–Crippen LogP) is 2.09. The zero-order chi connectivity index (χ0) is 11.3. The van der Waals surface area contributed by atoms with E-state index >= 15 is 0 Å². The van der Waals surface area contributed by atoms with Gasteiger partial charge in [0.15, 0.2) is 5.96 Å². The van der Waals surface area contributed by atoms with Crippen LogP contribution in [0, 0.1) is 5.92 Å². The summed E-state index contributed by atoms with van der Waals surface area (Å²) in [5.41, 5.74) is 6.93. The van der Waals surface area contributed by atoms with Crippen LogP contribution in [-0.2, 0) is 0 Å². The van der Waals surface area contributed by atoms with Crippen LogP contribution in [0.4, 0.5) is 5.69 Å². The summed E-state index contributed by atoms with van der Waals surface area (Å²) in [6.45, 7) is 5.02. The Labute approximate surface area is 91.6 Å². The van der Waals surface area contributed by atoms with Crippen molar-refractivity contribution in [2.75, 3.05) is 18.5 Å². The minimum absolute atomic E-state index is 0.535. The molecule has 0 saturated heterocycles. The van der Waals surface area contributed by atoms with Crippen LogP contribution >= 0.6 is 0 Å². The summed E-state index contributed by atoms with van der Waals surface area (Å²) in [6.07, 6.45) is 0. The van der Waals surface area contributed by atoms with Gasteiger partial charge in [-0.3, -0.25) is 4.99 Å². The Morgan fingerprint density at radius 1 is 1.33 bits per heavy atom. The summed E-state index contributed by atoms with van der Waals surface area (Å²) in [7, 11) is 1.93. The standard InChI is InChI=1S/C12H19N3/c1-10(2)9-14-12(13)15(3)11-7-5-4-6-8-11/h4-8,10H,9H2,1-3H3,(H2,13,14). The van der Waals surface area contributed by atoms with Gasteiger partial charge in [0.25, 0.3) is 0 Å². The molecule has 82 valence electrons. The second-order valence-corrected chi connectivity index (χ2v) is 3.99. The first-order valence-electron chi connectivity index (χ1n) is 5.20. The summed E-state index contributed by atoms with van der Waals surface area (Å²) in [6, 6.07) is 9.98.